The number of tetrazole rings is 1. The van der Waals surface area contributed by atoms with E-state index in [9.17, 15) is 23.1 Å². The van der Waals surface area contributed by atoms with E-state index < -0.39 is 36.7 Å². The average Bonchev–Trinajstić information content (AvgIpc) is 3.65. The molecule has 16 nitrogen and oxygen atoms in total. The van der Waals surface area contributed by atoms with Gasteiger partial charge in [0, 0.05) is 19.3 Å². The molecule has 40 heavy (non-hydrogen) atoms. The summed E-state index contributed by atoms with van der Waals surface area (Å²) in [7, 11) is 0. The number of nitrogens with two attached hydrogens (primary N) is 1. The van der Waals surface area contributed by atoms with Crippen LogP contribution in [0.25, 0.3) is 11.2 Å². The number of aliphatic hydroxyl groups is 1. The highest BCUT2D eigenvalue weighted by Crippen LogP contribution is 2.41. The van der Waals surface area contributed by atoms with Crippen molar-refractivity contribution in [3.63, 3.8) is 0 Å². The first-order valence-corrected chi connectivity index (χ1v) is 11.9. The van der Waals surface area contributed by atoms with Crippen molar-refractivity contribution in [3.05, 3.63) is 36.5 Å². The molecule has 0 saturated carbocycles. The minimum absolute atomic E-state index is 0.0320. The predicted molar refractivity (Wildman–Crippen MR) is 129 cm³/mol. The summed E-state index contributed by atoms with van der Waals surface area (Å²) in [5.74, 6) is -1.92. The Kier molecular flexibility index (Phi) is 7.30. The number of nitrogens with zero attached hydrogens (tertiary/aromatic N) is 9. The molecule has 1 aliphatic heterocycles. The fourth-order valence-electron chi connectivity index (χ4n) is 3.94. The quantitative estimate of drug-likeness (QED) is 0.161. The highest BCUT2D eigenvalue weighted by atomic mass is 19.4. The van der Waals surface area contributed by atoms with Crippen molar-refractivity contribution in [3.8, 4) is 0 Å². The third-order valence-electron chi connectivity index (χ3n) is 5.80. The smallest absolute Gasteiger partial charge is 0.448 e. The number of nitrogens with one attached hydrogen (secondary N) is 2. The van der Waals surface area contributed by atoms with Gasteiger partial charge in [-0.25, -0.2) is 14.8 Å². The summed E-state index contributed by atoms with van der Waals surface area (Å²) in [6.07, 6.45) is -9.05. The Bertz CT molecular complexity index is 1480. The summed E-state index contributed by atoms with van der Waals surface area (Å²) in [5.41, 5.74) is 6.20. The molecule has 5 rings (SSSR count). The van der Waals surface area contributed by atoms with Gasteiger partial charge in [0.05, 0.1) is 12.9 Å². The van der Waals surface area contributed by atoms with Gasteiger partial charge in [0.1, 0.15) is 17.4 Å². The van der Waals surface area contributed by atoms with Gasteiger partial charge in [-0.1, -0.05) is 6.07 Å². The summed E-state index contributed by atoms with van der Waals surface area (Å²) in [6.45, 7) is 2.86. The van der Waals surface area contributed by atoms with E-state index in [1.54, 1.807) is 25.3 Å². The third kappa shape index (κ3) is 5.41. The lowest BCUT2D eigenvalue weighted by atomic mass is 10.1. The molecule has 0 radical (unpaired) electrons. The highest BCUT2D eigenvalue weighted by molar-refractivity contribution is 5.83. The van der Waals surface area contributed by atoms with Crippen molar-refractivity contribution in [1.29, 1.82) is 0 Å². The largest absolute Gasteiger partial charge is 0.490 e. The molecular formula is C21H23F3N12O4. The van der Waals surface area contributed by atoms with Crippen molar-refractivity contribution >= 4 is 34.7 Å². The third-order valence-corrected chi connectivity index (χ3v) is 5.80. The van der Waals surface area contributed by atoms with E-state index >= 15 is 0 Å². The van der Waals surface area contributed by atoms with Crippen LogP contribution >= 0.6 is 0 Å². The number of halogens is 3. The molecule has 5 heterocycles. The number of fused-ring (bicyclic) bond motifs is 1. The molecule has 0 aromatic carbocycles. The molecule has 0 aliphatic carbocycles. The van der Waals surface area contributed by atoms with Crippen molar-refractivity contribution in [2.75, 3.05) is 29.5 Å². The Morgan fingerprint density at radius 2 is 2.02 bits per heavy atom. The second-order valence-electron chi connectivity index (χ2n) is 8.47. The lowest BCUT2D eigenvalue weighted by Crippen LogP contribution is -2.38. The van der Waals surface area contributed by atoms with Gasteiger partial charge >= 0.3 is 12.1 Å². The van der Waals surface area contributed by atoms with Gasteiger partial charge in [0.15, 0.2) is 29.9 Å². The number of hydrogen-bond acceptors (Lipinski definition) is 14. The van der Waals surface area contributed by atoms with E-state index in [2.05, 4.69) is 50.7 Å². The van der Waals surface area contributed by atoms with Crippen LogP contribution in [0, 0.1) is 0 Å². The molecule has 19 heteroatoms. The Balaban J connectivity index is 1.42. The van der Waals surface area contributed by atoms with Crippen molar-refractivity contribution in [2.45, 2.75) is 44.2 Å². The van der Waals surface area contributed by atoms with Gasteiger partial charge in [0.25, 0.3) is 0 Å². The number of nitrogen functional groups attached to an aromatic ring is 1. The number of alkyl halides is 3. The first kappa shape index (κ1) is 26.9. The number of aryl methyl sites for hydroxylation is 1. The zero-order valence-electron chi connectivity index (χ0n) is 20.7. The Labute approximate surface area is 222 Å². The summed E-state index contributed by atoms with van der Waals surface area (Å²) >= 11 is 0. The van der Waals surface area contributed by atoms with E-state index in [0.717, 1.165) is 0 Å². The van der Waals surface area contributed by atoms with Gasteiger partial charge in [-0.15, -0.1) is 10.2 Å². The standard InChI is InChI=1S/C21H23F3N12O4/c1-2-36-33-16(32-34-36)13-12(37)14(40-19(38)21(22,23)24)18(39-13)35-9-29-11-15(25)30-20(31-17(11)35)28-8-7-27-10-5-3-4-6-26-10/h3-6,9,12-14,18,37H,2,7-8H2,1H3,(H,26,27)(H3,25,28,30,31)/t12-,13+,14-,18-/m1/s1. The van der Waals surface area contributed by atoms with E-state index in [4.69, 9.17) is 10.5 Å². The molecule has 1 aliphatic rings. The molecule has 0 amide bonds. The number of carbonyl (C=O) groups is 1. The van der Waals surface area contributed by atoms with Crippen molar-refractivity contribution < 1.29 is 32.5 Å². The zero-order valence-corrected chi connectivity index (χ0v) is 20.7. The minimum Gasteiger partial charge on any atom is -0.448 e. The summed E-state index contributed by atoms with van der Waals surface area (Å²) in [4.78, 5) is 29.7. The van der Waals surface area contributed by atoms with Crippen LogP contribution in [0.2, 0.25) is 0 Å². The van der Waals surface area contributed by atoms with Crippen LogP contribution in [0.1, 0.15) is 25.1 Å². The number of hydrogen-bond donors (Lipinski definition) is 4. The molecule has 4 aromatic heterocycles. The Morgan fingerprint density at radius 3 is 2.73 bits per heavy atom. The van der Waals surface area contributed by atoms with Crippen LogP contribution in [0.5, 0.6) is 0 Å². The molecule has 4 aromatic rings. The Morgan fingerprint density at radius 1 is 1.23 bits per heavy atom. The summed E-state index contributed by atoms with van der Waals surface area (Å²) < 4.78 is 50.9. The van der Waals surface area contributed by atoms with Crippen LogP contribution in [0.15, 0.2) is 30.7 Å². The maximum Gasteiger partial charge on any atom is 0.490 e. The molecule has 4 atom stereocenters. The second-order valence-corrected chi connectivity index (χ2v) is 8.47. The van der Waals surface area contributed by atoms with E-state index in [1.807, 2.05) is 6.07 Å². The molecule has 0 unspecified atom stereocenters. The van der Waals surface area contributed by atoms with E-state index in [0.29, 0.717) is 25.5 Å². The lowest BCUT2D eigenvalue weighted by Gasteiger charge is -2.22. The number of anilines is 3. The molecule has 5 N–H and O–H groups in total. The lowest BCUT2D eigenvalue weighted by molar-refractivity contribution is -0.211. The number of carbonyl (C=O) groups excluding carboxylic acids is 1. The average molecular weight is 564 g/mol. The van der Waals surface area contributed by atoms with Gasteiger partial charge in [0.2, 0.25) is 11.8 Å². The Hall–Kier alpha value is -4.65. The number of esters is 1. The predicted octanol–water partition coefficient (Wildman–Crippen LogP) is 0.439. The summed E-state index contributed by atoms with van der Waals surface area (Å²) in [6, 6.07) is 5.41. The van der Waals surface area contributed by atoms with Gasteiger partial charge in [-0.2, -0.15) is 27.9 Å². The van der Waals surface area contributed by atoms with Crippen LogP contribution in [0.4, 0.5) is 30.8 Å². The maximum atomic E-state index is 13.1. The molecule has 0 spiro atoms. The fraction of sp³-hybridized carbons (Fsp3) is 0.429. The monoisotopic (exact) mass is 564 g/mol. The normalized spacial score (nSPS) is 21.0. The number of aromatic nitrogens is 9. The van der Waals surface area contributed by atoms with Gasteiger partial charge in [-0.3, -0.25) is 4.57 Å². The maximum absolute atomic E-state index is 13.1. The highest BCUT2D eigenvalue weighted by Gasteiger charge is 2.53. The number of aliphatic hydroxyl groups excluding tert-OH is 1. The molecule has 212 valence electrons. The van der Waals surface area contributed by atoms with Crippen molar-refractivity contribution in [2.24, 2.45) is 0 Å². The number of rotatable bonds is 9. The van der Waals surface area contributed by atoms with Gasteiger partial charge in [-0.05, 0) is 24.3 Å². The summed E-state index contributed by atoms with van der Waals surface area (Å²) in [5, 5.41) is 28.6. The topological polar surface area (TPSA) is 206 Å². The second kappa shape index (κ2) is 10.8. The van der Waals surface area contributed by atoms with Crippen LogP contribution < -0.4 is 16.4 Å². The molecule has 1 fully saturated rings. The number of pyridine rings is 1. The minimum atomic E-state index is -5.32. The van der Waals surface area contributed by atoms with E-state index in [1.165, 1.54) is 15.7 Å². The zero-order chi connectivity index (χ0) is 28.4. The fourth-order valence-corrected chi connectivity index (χ4v) is 3.94. The van der Waals surface area contributed by atoms with Crippen molar-refractivity contribution in [1.82, 2.24) is 44.7 Å². The van der Waals surface area contributed by atoms with Crippen LogP contribution in [-0.2, 0) is 20.8 Å². The number of imidazole rings is 1. The molecular weight excluding hydrogens is 541 g/mol. The SMILES string of the molecule is CCn1nnc([C@H]2O[C@@H](n3cnc4c(N)nc(NCCNc5ccccn5)nc43)[C@H](OC(=O)C(F)(F)F)[C@@H]2O)n1. The first-order chi connectivity index (χ1) is 19.2. The molecule has 1 saturated heterocycles. The van der Waals surface area contributed by atoms with E-state index in [-0.39, 0.29) is 28.8 Å². The van der Waals surface area contributed by atoms with Crippen LogP contribution in [-0.4, -0.2) is 87.3 Å². The van der Waals surface area contributed by atoms with Crippen LogP contribution in [0.3, 0.4) is 0 Å². The first-order valence-electron chi connectivity index (χ1n) is 11.9. The van der Waals surface area contributed by atoms with Gasteiger partial charge < -0.3 is 30.9 Å². The number of ether oxygens (including phenoxy) is 2. The molecule has 0 bridgehead atoms.